The van der Waals surface area contributed by atoms with Crippen molar-refractivity contribution in [2.45, 2.75) is 19.0 Å². The van der Waals surface area contributed by atoms with Crippen molar-refractivity contribution < 1.29 is 24.0 Å². The first-order valence-corrected chi connectivity index (χ1v) is 11.1. The SMILES string of the molecule is COc1cc2c(cc1OC)C(NC(=O)CN1CCN(Cc3ccccc3[N+](=O)[O-])CC1)CC2=O.Cl. The number of Topliss-reactive ketones (excluding diaryl/α,β-unsaturated/α-hetero) is 1. The van der Waals surface area contributed by atoms with E-state index in [9.17, 15) is 19.7 Å². The Morgan fingerprint density at radius 3 is 2.37 bits per heavy atom. The second-order valence-corrected chi connectivity index (χ2v) is 8.48. The number of hydrogen-bond donors (Lipinski definition) is 1. The van der Waals surface area contributed by atoms with Crippen LogP contribution < -0.4 is 14.8 Å². The Morgan fingerprint density at radius 2 is 1.71 bits per heavy atom. The number of rotatable bonds is 8. The van der Waals surface area contributed by atoms with Crippen molar-refractivity contribution in [1.82, 2.24) is 15.1 Å². The number of carbonyl (C=O) groups is 2. The van der Waals surface area contributed by atoms with Gasteiger partial charge in [-0.05, 0) is 17.7 Å². The van der Waals surface area contributed by atoms with Crippen molar-refractivity contribution in [3.8, 4) is 11.5 Å². The number of piperazine rings is 1. The Hall–Kier alpha value is -3.21. The number of methoxy groups -OCH3 is 2. The Labute approximate surface area is 209 Å². The third-order valence-electron chi connectivity index (χ3n) is 6.37. The summed E-state index contributed by atoms with van der Waals surface area (Å²) in [5, 5.41) is 14.2. The Balaban J connectivity index is 0.00000342. The van der Waals surface area contributed by atoms with Gasteiger partial charge in [0.05, 0.1) is 31.7 Å². The first kappa shape index (κ1) is 26.4. The topological polar surface area (TPSA) is 114 Å². The maximum atomic E-state index is 12.7. The van der Waals surface area contributed by atoms with Gasteiger partial charge in [-0.1, -0.05) is 18.2 Å². The molecular weight excluding hydrogens is 476 g/mol. The number of hydrogen-bond acceptors (Lipinski definition) is 8. The van der Waals surface area contributed by atoms with Gasteiger partial charge >= 0.3 is 0 Å². The van der Waals surface area contributed by atoms with E-state index in [2.05, 4.69) is 15.1 Å². The van der Waals surface area contributed by atoms with Crippen LogP contribution in [0.5, 0.6) is 11.5 Å². The number of nitro benzene ring substituents is 1. The highest BCUT2D eigenvalue weighted by Crippen LogP contribution is 2.39. The minimum Gasteiger partial charge on any atom is -0.493 e. The van der Waals surface area contributed by atoms with Crippen molar-refractivity contribution in [3.63, 3.8) is 0 Å². The number of amides is 1. The molecule has 0 spiro atoms. The number of ketones is 1. The maximum absolute atomic E-state index is 12.7. The van der Waals surface area contributed by atoms with Crippen LogP contribution in [0.4, 0.5) is 5.69 Å². The second-order valence-electron chi connectivity index (χ2n) is 8.48. The summed E-state index contributed by atoms with van der Waals surface area (Å²) >= 11 is 0. The fourth-order valence-corrected chi connectivity index (χ4v) is 4.57. The smallest absolute Gasteiger partial charge is 0.273 e. The highest BCUT2D eigenvalue weighted by Gasteiger charge is 2.33. The summed E-state index contributed by atoms with van der Waals surface area (Å²) in [6.45, 7) is 3.51. The molecule has 1 N–H and O–H groups in total. The van der Waals surface area contributed by atoms with Crippen LogP contribution in [0.25, 0.3) is 0 Å². The zero-order valence-electron chi connectivity index (χ0n) is 19.7. The van der Waals surface area contributed by atoms with Crippen LogP contribution >= 0.6 is 12.4 Å². The molecule has 35 heavy (non-hydrogen) atoms. The number of nitro groups is 1. The van der Waals surface area contributed by atoms with Gasteiger partial charge in [-0.2, -0.15) is 0 Å². The van der Waals surface area contributed by atoms with Crippen LogP contribution in [-0.4, -0.2) is 73.4 Å². The molecular formula is C24H29ClN4O6. The molecule has 1 saturated heterocycles. The van der Waals surface area contributed by atoms with Gasteiger partial charge in [-0.3, -0.25) is 29.5 Å². The number of ether oxygens (including phenoxy) is 2. The molecule has 1 unspecified atom stereocenters. The van der Waals surface area contributed by atoms with E-state index in [4.69, 9.17) is 9.47 Å². The summed E-state index contributed by atoms with van der Waals surface area (Å²) < 4.78 is 10.6. The molecule has 1 fully saturated rings. The minimum absolute atomic E-state index is 0. The summed E-state index contributed by atoms with van der Waals surface area (Å²) in [4.78, 5) is 40.3. The molecule has 1 amide bonds. The Kier molecular flexibility index (Phi) is 8.66. The van der Waals surface area contributed by atoms with E-state index in [1.807, 2.05) is 0 Å². The molecule has 1 heterocycles. The molecule has 1 aliphatic carbocycles. The molecule has 0 radical (unpaired) electrons. The molecule has 0 aromatic heterocycles. The lowest BCUT2D eigenvalue weighted by atomic mass is 10.1. The first-order valence-electron chi connectivity index (χ1n) is 11.1. The van der Waals surface area contributed by atoms with Crippen LogP contribution in [0.15, 0.2) is 36.4 Å². The van der Waals surface area contributed by atoms with Crippen molar-refractivity contribution in [3.05, 3.63) is 63.2 Å². The van der Waals surface area contributed by atoms with E-state index in [0.717, 1.165) is 5.56 Å². The largest absolute Gasteiger partial charge is 0.493 e. The summed E-state index contributed by atoms with van der Waals surface area (Å²) in [6, 6.07) is 9.80. The molecule has 4 rings (SSSR count). The number of para-hydroxylation sites is 1. The quantitative estimate of drug-likeness (QED) is 0.431. The van der Waals surface area contributed by atoms with Gasteiger partial charge in [0.25, 0.3) is 5.69 Å². The standard InChI is InChI=1S/C24H28N4O6.ClH/c1-33-22-11-17-18(12-23(22)34-2)21(29)13-19(17)25-24(30)15-27-9-7-26(8-10-27)14-16-5-3-4-6-20(16)28(31)32;/h3-6,11-12,19H,7-10,13-15H2,1-2H3,(H,25,30);1H. The van der Waals surface area contributed by atoms with E-state index in [-0.39, 0.29) is 47.7 Å². The normalized spacial score (nSPS) is 17.9. The number of halogens is 1. The van der Waals surface area contributed by atoms with E-state index in [1.165, 1.54) is 20.3 Å². The number of nitrogens with one attached hydrogen (secondary N) is 1. The molecule has 2 aromatic carbocycles. The van der Waals surface area contributed by atoms with Crippen molar-refractivity contribution >= 4 is 29.8 Å². The van der Waals surface area contributed by atoms with Gasteiger partial charge in [0.1, 0.15) is 0 Å². The zero-order valence-corrected chi connectivity index (χ0v) is 20.5. The Bertz CT molecular complexity index is 1100. The third kappa shape index (κ3) is 5.90. The van der Waals surface area contributed by atoms with Crippen LogP contribution in [0.3, 0.4) is 0 Å². The number of carbonyl (C=O) groups excluding carboxylic acids is 2. The van der Waals surface area contributed by atoms with Crippen molar-refractivity contribution in [1.29, 1.82) is 0 Å². The van der Waals surface area contributed by atoms with Crippen LogP contribution in [0, 0.1) is 10.1 Å². The molecule has 188 valence electrons. The molecule has 10 nitrogen and oxygen atoms in total. The number of benzene rings is 2. The highest BCUT2D eigenvalue weighted by atomic mass is 35.5. The van der Waals surface area contributed by atoms with Crippen molar-refractivity contribution in [2.24, 2.45) is 0 Å². The molecule has 0 bridgehead atoms. The van der Waals surface area contributed by atoms with E-state index in [1.54, 1.807) is 30.3 Å². The third-order valence-corrected chi connectivity index (χ3v) is 6.37. The van der Waals surface area contributed by atoms with Crippen LogP contribution in [-0.2, 0) is 11.3 Å². The molecule has 1 atom stereocenters. The summed E-state index contributed by atoms with van der Waals surface area (Å²) in [5.74, 6) is 0.822. The Morgan fingerprint density at radius 1 is 1.09 bits per heavy atom. The van der Waals surface area contributed by atoms with Gasteiger partial charge in [0.15, 0.2) is 17.3 Å². The van der Waals surface area contributed by atoms with Gasteiger partial charge in [0, 0.05) is 56.3 Å². The summed E-state index contributed by atoms with van der Waals surface area (Å²) in [7, 11) is 3.05. The lowest BCUT2D eigenvalue weighted by Gasteiger charge is -2.34. The molecule has 2 aliphatic rings. The lowest BCUT2D eigenvalue weighted by molar-refractivity contribution is -0.385. The summed E-state index contributed by atoms with van der Waals surface area (Å²) in [6.07, 6.45) is 0.209. The molecule has 0 saturated carbocycles. The predicted molar refractivity (Wildman–Crippen MR) is 131 cm³/mol. The van der Waals surface area contributed by atoms with Crippen molar-refractivity contribution in [2.75, 3.05) is 46.9 Å². The van der Waals surface area contributed by atoms with E-state index < -0.39 is 6.04 Å². The molecule has 11 heteroatoms. The lowest BCUT2D eigenvalue weighted by Crippen LogP contribution is -2.49. The average molecular weight is 505 g/mol. The van der Waals surface area contributed by atoms with Gasteiger partial charge in [-0.25, -0.2) is 0 Å². The van der Waals surface area contributed by atoms with Gasteiger partial charge < -0.3 is 14.8 Å². The number of fused-ring (bicyclic) bond motifs is 1. The monoisotopic (exact) mass is 504 g/mol. The minimum atomic E-state index is -0.394. The summed E-state index contributed by atoms with van der Waals surface area (Å²) in [5.41, 5.74) is 2.11. The zero-order chi connectivity index (χ0) is 24.2. The van der Waals surface area contributed by atoms with Gasteiger partial charge in [-0.15, -0.1) is 12.4 Å². The first-order chi connectivity index (χ1) is 16.4. The fraction of sp³-hybridized carbons (Fsp3) is 0.417. The van der Waals surface area contributed by atoms with E-state index in [0.29, 0.717) is 55.3 Å². The number of nitrogens with zero attached hydrogens (tertiary/aromatic N) is 3. The van der Waals surface area contributed by atoms with Crippen LogP contribution in [0.1, 0.15) is 33.9 Å². The van der Waals surface area contributed by atoms with Gasteiger partial charge in [0.2, 0.25) is 5.91 Å². The maximum Gasteiger partial charge on any atom is 0.273 e. The average Bonchev–Trinajstić information content (AvgIpc) is 3.13. The second kappa shape index (κ2) is 11.5. The molecule has 1 aliphatic heterocycles. The van der Waals surface area contributed by atoms with Crippen LogP contribution in [0.2, 0.25) is 0 Å². The fourth-order valence-electron chi connectivity index (χ4n) is 4.57. The van der Waals surface area contributed by atoms with E-state index >= 15 is 0 Å². The highest BCUT2D eigenvalue weighted by molar-refractivity contribution is 6.02. The predicted octanol–water partition coefficient (Wildman–Crippen LogP) is 2.60. The molecule has 2 aromatic rings.